The Hall–Kier alpha value is -0.570. The first-order chi connectivity index (χ1) is 8.09. The molecule has 3 nitrogen and oxygen atoms in total. The second-order valence-electron chi connectivity index (χ2n) is 6.29. The van der Waals surface area contributed by atoms with Crippen LogP contribution in [0.3, 0.4) is 0 Å². The molecule has 4 unspecified atom stereocenters. The van der Waals surface area contributed by atoms with E-state index in [0.717, 1.165) is 19.3 Å². The molecule has 1 aliphatic heterocycles. The Kier molecular flexibility index (Phi) is 2.69. The van der Waals surface area contributed by atoms with Crippen molar-refractivity contribution < 1.29 is 14.6 Å². The minimum atomic E-state index is -0.258. The zero-order chi connectivity index (χ0) is 12.2. The van der Waals surface area contributed by atoms with Crippen molar-refractivity contribution >= 4 is 5.97 Å². The number of rotatable bonds is 0. The van der Waals surface area contributed by atoms with Crippen LogP contribution in [0.1, 0.15) is 39.5 Å². The average molecular weight is 238 g/mol. The molecule has 7 atom stereocenters. The predicted octanol–water partition coefficient (Wildman–Crippen LogP) is 1.98. The largest absolute Gasteiger partial charge is 0.461 e. The quantitative estimate of drug-likeness (QED) is 0.656. The van der Waals surface area contributed by atoms with Gasteiger partial charge in [-0.3, -0.25) is 4.79 Å². The van der Waals surface area contributed by atoms with E-state index in [2.05, 4.69) is 6.92 Å². The van der Waals surface area contributed by atoms with Crippen molar-refractivity contribution in [1.82, 2.24) is 0 Å². The van der Waals surface area contributed by atoms with Crippen molar-refractivity contribution in [1.29, 1.82) is 0 Å². The van der Waals surface area contributed by atoms with E-state index in [1.807, 2.05) is 6.92 Å². The van der Waals surface area contributed by atoms with E-state index in [4.69, 9.17) is 4.74 Å². The monoisotopic (exact) mass is 238 g/mol. The number of hydrogen-bond donors (Lipinski definition) is 1. The van der Waals surface area contributed by atoms with Crippen LogP contribution in [0.5, 0.6) is 0 Å². The van der Waals surface area contributed by atoms with Crippen LogP contribution in [0.2, 0.25) is 0 Å². The number of esters is 1. The van der Waals surface area contributed by atoms with Crippen molar-refractivity contribution in [3.05, 3.63) is 0 Å². The maximum atomic E-state index is 11.7. The molecule has 3 aliphatic rings. The van der Waals surface area contributed by atoms with Crippen LogP contribution in [0.25, 0.3) is 0 Å². The summed E-state index contributed by atoms with van der Waals surface area (Å²) in [4.78, 5) is 11.7. The number of fused-ring (bicyclic) bond motifs is 3. The summed E-state index contributed by atoms with van der Waals surface area (Å²) in [6, 6.07) is 0. The number of aliphatic hydroxyl groups excluding tert-OH is 1. The van der Waals surface area contributed by atoms with Crippen molar-refractivity contribution in [3.8, 4) is 0 Å². The van der Waals surface area contributed by atoms with Gasteiger partial charge in [-0.25, -0.2) is 0 Å². The van der Waals surface area contributed by atoms with Gasteiger partial charge in [0.1, 0.15) is 6.10 Å². The molecule has 0 amide bonds. The lowest BCUT2D eigenvalue weighted by atomic mass is 9.79. The molecule has 2 aliphatic carbocycles. The molecule has 0 bridgehead atoms. The first kappa shape index (κ1) is 11.5. The van der Waals surface area contributed by atoms with Gasteiger partial charge in [0.2, 0.25) is 0 Å². The Morgan fingerprint density at radius 2 is 1.82 bits per heavy atom. The molecule has 1 saturated heterocycles. The summed E-state index contributed by atoms with van der Waals surface area (Å²) in [5.74, 6) is 1.73. The predicted molar refractivity (Wildman–Crippen MR) is 63.2 cm³/mol. The lowest BCUT2D eigenvalue weighted by Gasteiger charge is -2.29. The van der Waals surface area contributed by atoms with Gasteiger partial charge in [0.25, 0.3) is 0 Å². The summed E-state index contributed by atoms with van der Waals surface area (Å²) in [7, 11) is 0. The van der Waals surface area contributed by atoms with E-state index in [0.29, 0.717) is 17.8 Å². The van der Waals surface area contributed by atoms with Crippen LogP contribution in [0.15, 0.2) is 0 Å². The van der Waals surface area contributed by atoms with Crippen LogP contribution in [-0.4, -0.2) is 23.3 Å². The van der Waals surface area contributed by atoms with Gasteiger partial charge in [0, 0.05) is 11.8 Å². The summed E-state index contributed by atoms with van der Waals surface area (Å²) in [6.45, 7) is 4.28. The molecular weight excluding hydrogens is 216 g/mol. The summed E-state index contributed by atoms with van der Waals surface area (Å²) < 4.78 is 5.59. The molecule has 3 fully saturated rings. The summed E-state index contributed by atoms with van der Waals surface area (Å²) in [5.41, 5.74) is 0. The molecule has 1 heterocycles. The first-order valence-corrected chi connectivity index (χ1v) is 6.98. The van der Waals surface area contributed by atoms with Crippen LogP contribution < -0.4 is 0 Å². The van der Waals surface area contributed by atoms with Gasteiger partial charge in [-0.1, -0.05) is 20.3 Å². The Labute approximate surface area is 103 Å². The van der Waals surface area contributed by atoms with E-state index in [9.17, 15) is 9.90 Å². The molecule has 0 aromatic heterocycles. The van der Waals surface area contributed by atoms with Crippen LogP contribution in [0, 0.1) is 29.6 Å². The minimum absolute atomic E-state index is 0.00931. The fourth-order valence-corrected chi connectivity index (χ4v) is 4.40. The van der Waals surface area contributed by atoms with Gasteiger partial charge >= 0.3 is 5.97 Å². The average Bonchev–Trinajstić information content (AvgIpc) is 2.75. The maximum absolute atomic E-state index is 11.7. The molecule has 2 saturated carbocycles. The number of hydrogen-bond acceptors (Lipinski definition) is 3. The van der Waals surface area contributed by atoms with Gasteiger partial charge in [0.05, 0.1) is 12.0 Å². The Morgan fingerprint density at radius 1 is 1.12 bits per heavy atom. The smallest absolute Gasteiger partial charge is 0.309 e. The third-order valence-corrected chi connectivity index (χ3v) is 5.49. The standard InChI is InChI=1S/C14H22O3/c1-7-3-4-10-8(2)14(16)17-13(10)12-9(7)5-6-11(12)15/h7-13,15H,3-6H2,1-2H3/t7-,8-,9?,10-,11?,12?,13?/m0/s1. The van der Waals surface area contributed by atoms with Gasteiger partial charge in [-0.2, -0.15) is 0 Å². The highest BCUT2D eigenvalue weighted by molar-refractivity contribution is 5.74. The van der Waals surface area contributed by atoms with E-state index in [-0.39, 0.29) is 30.0 Å². The van der Waals surface area contributed by atoms with Crippen LogP contribution in [-0.2, 0) is 9.53 Å². The third-order valence-electron chi connectivity index (χ3n) is 5.49. The highest BCUT2D eigenvalue weighted by Gasteiger charge is 2.54. The molecule has 0 aromatic carbocycles. The topological polar surface area (TPSA) is 46.5 Å². The molecule has 0 spiro atoms. The van der Waals surface area contributed by atoms with Gasteiger partial charge < -0.3 is 9.84 Å². The number of aliphatic hydroxyl groups is 1. The SMILES string of the molecule is C[C@@H]1C(=O)OC2C3C(O)CCC3[C@@H](C)CC[C@H]21. The molecule has 1 N–H and O–H groups in total. The Morgan fingerprint density at radius 3 is 2.59 bits per heavy atom. The molecule has 0 radical (unpaired) electrons. The summed E-state index contributed by atoms with van der Waals surface area (Å²) >= 11 is 0. The lowest BCUT2D eigenvalue weighted by Crippen LogP contribution is -2.36. The van der Waals surface area contributed by atoms with E-state index >= 15 is 0 Å². The zero-order valence-electron chi connectivity index (χ0n) is 10.6. The molecular formula is C14H22O3. The maximum Gasteiger partial charge on any atom is 0.309 e. The summed E-state index contributed by atoms with van der Waals surface area (Å²) in [6.07, 6.45) is 3.97. The minimum Gasteiger partial charge on any atom is -0.461 e. The first-order valence-electron chi connectivity index (χ1n) is 6.98. The molecule has 0 aromatic rings. The third kappa shape index (κ3) is 1.62. The number of ether oxygens (including phenoxy) is 1. The van der Waals surface area contributed by atoms with Gasteiger partial charge in [0.15, 0.2) is 0 Å². The molecule has 96 valence electrons. The highest BCUT2D eigenvalue weighted by atomic mass is 16.6. The van der Waals surface area contributed by atoms with Crippen molar-refractivity contribution in [3.63, 3.8) is 0 Å². The molecule has 3 rings (SSSR count). The van der Waals surface area contributed by atoms with Gasteiger partial charge in [-0.15, -0.1) is 0 Å². The fourth-order valence-electron chi connectivity index (χ4n) is 4.40. The zero-order valence-corrected chi connectivity index (χ0v) is 10.6. The van der Waals surface area contributed by atoms with Crippen molar-refractivity contribution in [2.24, 2.45) is 29.6 Å². The van der Waals surface area contributed by atoms with Crippen molar-refractivity contribution in [2.75, 3.05) is 0 Å². The van der Waals surface area contributed by atoms with Crippen molar-refractivity contribution in [2.45, 2.75) is 51.7 Å². The van der Waals surface area contributed by atoms with Crippen LogP contribution >= 0.6 is 0 Å². The van der Waals surface area contributed by atoms with Crippen LogP contribution in [0.4, 0.5) is 0 Å². The van der Waals surface area contributed by atoms with Gasteiger partial charge in [-0.05, 0) is 31.1 Å². The highest BCUT2D eigenvalue weighted by Crippen LogP contribution is 2.50. The lowest BCUT2D eigenvalue weighted by molar-refractivity contribution is -0.147. The second-order valence-corrected chi connectivity index (χ2v) is 6.29. The Balaban J connectivity index is 1.92. The fraction of sp³-hybridized carbons (Fsp3) is 0.929. The number of carbonyl (C=O) groups excluding carboxylic acids is 1. The summed E-state index contributed by atoms with van der Waals surface area (Å²) in [5, 5.41) is 10.2. The van der Waals surface area contributed by atoms with E-state index < -0.39 is 0 Å². The van der Waals surface area contributed by atoms with E-state index in [1.54, 1.807) is 0 Å². The van der Waals surface area contributed by atoms with E-state index in [1.165, 1.54) is 6.42 Å². The normalized spacial score (nSPS) is 53.8. The molecule has 3 heteroatoms. The number of carbonyl (C=O) groups is 1. The molecule has 17 heavy (non-hydrogen) atoms. The Bertz CT molecular complexity index is 327. The second kappa shape index (κ2) is 3.98.